The molecule has 2 heterocycles. The molecular weight excluding hydrogens is 236 g/mol. The molecule has 4 heteroatoms. The van der Waals surface area contributed by atoms with Gasteiger partial charge in [0.25, 0.3) is 0 Å². The van der Waals surface area contributed by atoms with E-state index in [9.17, 15) is 0 Å². The van der Waals surface area contributed by atoms with Gasteiger partial charge in [0.05, 0.1) is 0 Å². The van der Waals surface area contributed by atoms with E-state index in [1.165, 1.54) is 0 Å². The Labute approximate surface area is 105 Å². The number of oxazole rings is 1. The third kappa shape index (κ3) is 2.35. The number of halogens is 1. The van der Waals surface area contributed by atoms with Crippen LogP contribution in [0.1, 0.15) is 5.89 Å². The van der Waals surface area contributed by atoms with Crippen LogP contribution < -0.4 is 5.32 Å². The second-order valence-electron chi connectivity index (χ2n) is 4.36. The van der Waals surface area contributed by atoms with Crippen molar-refractivity contribution in [2.75, 3.05) is 13.1 Å². The minimum Gasteiger partial charge on any atom is -0.448 e. The molecule has 1 saturated heterocycles. The molecule has 1 fully saturated rings. The number of benzene rings is 1. The Morgan fingerprint density at radius 3 is 2.71 bits per heavy atom. The van der Waals surface area contributed by atoms with Crippen molar-refractivity contribution in [3.8, 4) is 11.3 Å². The van der Waals surface area contributed by atoms with Gasteiger partial charge in [-0.15, -0.1) is 0 Å². The van der Waals surface area contributed by atoms with Gasteiger partial charge in [0.1, 0.15) is 12.0 Å². The van der Waals surface area contributed by atoms with Gasteiger partial charge < -0.3 is 9.73 Å². The SMILES string of the molecule is Clc1ccc(-c2coc(CC3CNC3)n2)cc1. The largest absolute Gasteiger partial charge is 0.448 e. The fourth-order valence-corrected chi connectivity index (χ4v) is 2.02. The average molecular weight is 249 g/mol. The van der Waals surface area contributed by atoms with E-state index in [0.717, 1.165) is 41.7 Å². The maximum absolute atomic E-state index is 5.85. The molecule has 2 aromatic rings. The van der Waals surface area contributed by atoms with Crippen LogP contribution in [0.15, 0.2) is 34.9 Å². The molecule has 3 rings (SSSR count). The molecule has 0 bridgehead atoms. The Bertz CT molecular complexity index is 502. The molecule has 1 aromatic carbocycles. The molecule has 1 aromatic heterocycles. The predicted octanol–water partition coefficient (Wildman–Crippen LogP) is 2.76. The van der Waals surface area contributed by atoms with Crippen LogP contribution in [0.3, 0.4) is 0 Å². The van der Waals surface area contributed by atoms with E-state index in [1.807, 2.05) is 24.3 Å². The van der Waals surface area contributed by atoms with Crippen LogP contribution in [-0.2, 0) is 6.42 Å². The van der Waals surface area contributed by atoms with Crippen LogP contribution in [0.4, 0.5) is 0 Å². The van der Waals surface area contributed by atoms with E-state index in [1.54, 1.807) is 6.26 Å². The van der Waals surface area contributed by atoms with E-state index < -0.39 is 0 Å². The normalized spacial score (nSPS) is 15.8. The summed E-state index contributed by atoms with van der Waals surface area (Å²) in [5.74, 6) is 1.49. The quantitative estimate of drug-likeness (QED) is 0.908. The zero-order chi connectivity index (χ0) is 11.7. The summed E-state index contributed by atoms with van der Waals surface area (Å²) in [7, 11) is 0. The molecular formula is C13H13ClN2O. The summed E-state index contributed by atoms with van der Waals surface area (Å²) in [5.41, 5.74) is 1.92. The van der Waals surface area contributed by atoms with Crippen molar-refractivity contribution >= 4 is 11.6 Å². The fraction of sp³-hybridized carbons (Fsp3) is 0.308. The van der Waals surface area contributed by atoms with Crippen LogP contribution in [0.25, 0.3) is 11.3 Å². The van der Waals surface area contributed by atoms with Crippen LogP contribution >= 0.6 is 11.6 Å². The Hall–Kier alpha value is -1.32. The lowest BCUT2D eigenvalue weighted by atomic mass is 10.00. The highest BCUT2D eigenvalue weighted by atomic mass is 35.5. The van der Waals surface area contributed by atoms with Gasteiger partial charge in [-0.2, -0.15) is 0 Å². The fourth-order valence-electron chi connectivity index (χ4n) is 1.90. The van der Waals surface area contributed by atoms with E-state index in [2.05, 4.69) is 10.3 Å². The zero-order valence-electron chi connectivity index (χ0n) is 9.32. The first kappa shape index (κ1) is 10.8. The van der Waals surface area contributed by atoms with Crippen molar-refractivity contribution in [3.05, 3.63) is 41.4 Å². The van der Waals surface area contributed by atoms with Gasteiger partial charge in [-0.1, -0.05) is 23.7 Å². The molecule has 0 radical (unpaired) electrons. The summed E-state index contributed by atoms with van der Waals surface area (Å²) in [6.07, 6.45) is 2.63. The highest BCUT2D eigenvalue weighted by Crippen LogP contribution is 2.22. The first-order valence-electron chi connectivity index (χ1n) is 5.72. The van der Waals surface area contributed by atoms with Gasteiger partial charge in [-0.05, 0) is 31.1 Å². The smallest absolute Gasteiger partial charge is 0.194 e. The van der Waals surface area contributed by atoms with Gasteiger partial charge in [0, 0.05) is 17.0 Å². The number of nitrogens with one attached hydrogen (secondary N) is 1. The van der Waals surface area contributed by atoms with Gasteiger partial charge in [0.2, 0.25) is 0 Å². The number of rotatable bonds is 3. The van der Waals surface area contributed by atoms with E-state index in [-0.39, 0.29) is 0 Å². The maximum Gasteiger partial charge on any atom is 0.194 e. The molecule has 1 aliphatic rings. The summed E-state index contributed by atoms with van der Waals surface area (Å²) in [5, 5.41) is 3.98. The van der Waals surface area contributed by atoms with E-state index >= 15 is 0 Å². The maximum atomic E-state index is 5.85. The third-order valence-electron chi connectivity index (χ3n) is 3.02. The molecule has 0 atom stereocenters. The molecule has 1 aliphatic heterocycles. The molecule has 0 aliphatic carbocycles. The second-order valence-corrected chi connectivity index (χ2v) is 4.80. The minimum atomic E-state index is 0.673. The summed E-state index contributed by atoms with van der Waals surface area (Å²) in [6, 6.07) is 7.63. The number of hydrogen-bond donors (Lipinski definition) is 1. The van der Waals surface area contributed by atoms with Crippen molar-refractivity contribution in [1.29, 1.82) is 0 Å². The van der Waals surface area contributed by atoms with Gasteiger partial charge in [-0.25, -0.2) is 4.98 Å². The molecule has 1 N–H and O–H groups in total. The monoisotopic (exact) mass is 248 g/mol. The van der Waals surface area contributed by atoms with Crippen LogP contribution in [-0.4, -0.2) is 18.1 Å². The summed E-state index contributed by atoms with van der Waals surface area (Å²) >= 11 is 5.85. The first-order chi connectivity index (χ1) is 8.31. The molecule has 0 spiro atoms. The second kappa shape index (κ2) is 4.51. The van der Waals surface area contributed by atoms with E-state index in [0.29, 0.717) is 5.92 Å². The summed E-state index contributed by atoms with van der Waals surface area (Å²) in [6.45, 7) is 2.14. The minimum absolute atomic E-state index is 0.673. The Morgan fingerprint density at radius 1 is 1.29 bits per heavy atom. The van der Waals surface area contributed by atoms with Crippen molar-refractivity contribution in [1.82, 2.24) is 10.3 Å². The topological polar surface area (TPSA) is 38.1 Å². The highest BCUT2D eigenvalue weighted by molar-refractivity contribution is 6.30. The van der Waals surface area contributed by atoms with E-state index in [4.69, 9.17) is 16.0 Å². The van der Waals surface area contributed by atoms with Crippen LogP contribution in [0.5, 0.6) is 0 Å². The van der Waals surface area contributed by atoms with Crippen LogP contribution in [0.2, 0.25) is 5.02 Å². The molecule has 0 unspecified atom stereocenters. The Morgan fingerprint density at radius 2 is 2.06 bits per heavy atom. The van der Waals surface area contributed by atoms with Crippen molar-refractivity contribution in [2.24, 2.45) is 5.92 Å². The van der Waals surface area contributed by atoms with Gasteiger partial charge >= 0.3 is 0 Å². The Balaban J connectivity index is 1.76. The van der Waals surface area contributed by atoms with Gasteiger partial charge in [0.15, 0.2) is 5.89 Å². The molecule has 3 nitrogen and oxygen atoms in total. The summed E-state index contributed by atoms with van der Waals surface area (Å²) in [4.78, 5) is 4.49. The summed E-state index contributed by atoms with van der Waals surface area (Å²) < 4.78 is 5.48. The third-order valence-corrected chi connectivity index (χ3v) is 3.27. The van der Waals surface area contributed by atoms with Gasteiger partial charge in [-0.3, -0.25) is 0 Å². The lowest BCUT2D eigenvalue weighted by Gasteiger charge is -2.25. The zero-order valence-corrected chi connectivity index (χ0v) is 10.1. The van der Waals surface area contributed by atoms with Crippen LogP contribution in [0, 0.1) is 5.92 Å². The predicted molar refractivity (Wildman–Crippen MR) is 67.0 cm³/mol. The number of nitrogens with zero attached hydrogens (tertiary/aromatic N) is 1. The molecule has 0 amide bonds. The first-order valence-corrected chi connectivity index (χ1v) is 6.10. The molecule has 17 heavy (non-hydrogen) atoms. The highest BCUT2D eigenvalue weighted by Gasteiger charge is 2.19. The molecule has 0 saturated carbocycles. The standard InChI is InChI=1S/C13H13ClN2O/c14-11-3-1-10(2-4-11)12-8-17-13(16-12)5-9-6-15-7-9/h1-4,8-9,15H,5-7H2. The number of hydrogen-bond acceptors (Lipinski definition) is 3. The Kier molecular flexibility index (Phi) is 2.87. The van der Waals surface area contributed by atoms with Crippen molar-refractivity contribution in [2.45, 2.75) is 6.42 Å². The lowest BCUT2D eigenvalue weighted by Crippen LogP contribution is -2.43. The average Bonchev–Trinajstić information content (AvgIpc) is 2.73. The van der Waals surface area contributed by atoms with Crippen molar-refractivity contribution in [3.63, 3.8) is 0 Å². The van der Waals surface area contributed by atoms with Crippen molar-refractivity contribution < 1.29 is 4.42 Å². The lowest BCUT2D eigenvalue weighted by molar-refractivity contribution is 0.318. The number of aromatic nitrogens is 1. The molecule has 88 valence electrons.